The number of nitrogens with zero attached hydrogens (tertiary/aromatic N) is 1. The molecule has 1 aromatic rings. The standard InChI is InChI=1S/C13H22N2OS/c1-5-6-11-10(4)14-13(15-12(11)16)17-8-7-9(2)3/h9H,5-8H2,1-4H3,(H,14,15,16). The van der Waals surface area contributed by atoms with Crippen molar-refractivity contribution in [3.63, 3.8) is 0 Å². The molecular formula is C13H22N2OS. The molecule has 0 saturated heterocycles. The van der Waals surface area contributed by atoms with Crippen molar-refractivity contribution < 1.29 is 0 Å². The van der Waals surface area contributed by atoms with Gasteiger partial charge in [0.15, 0.2) is 5.16 Å². The quantitative estimate of drug-likeness (QED) is 0.626. The number of hydrogen-bond acceptors (Lipinski definition) is 3. The van der Waals surface area contributed by atoms with Gasteiger partial charge in [-0.2, -0.15) is 0 Å². The van der Waals surface area contributed by atoms with E-state index in [1.165, 1.54) is 0 Å². The first-order chi connectivity index (χ1) is 8.04. The van der Waals surface area contributed by atoms with Gasteiger partial charge in [-0.3, -0.25) is 4.79 Å². The first-order valence-corrected chi connectivity index (χ1v) is 7.25. The summed E-state index contributed by atoms with van der Waals surface area (Å²) >= 11 is 1.64. The summed E-state index contributed by atoms with van der Waals surface area (Å²) in [5, 5.41) is 0.757. The molecule has 1 rings (SSSR count). The molecule has 0 unspecified atom stereocenters. The van der Waals surface area contributed by atoms with E-state index >= 15 is 0 Å². The Balaban J connectivity index is 2.73. The molecule has 96 valence electrons. The minimum absolute atomic E-state index is 0.0337. The van der Waals surface area contributed by atoms with Gasteiger partial charge in [-0.1, -0.05) is 39.0 Å². The van der Waals surface area contributed by atoms with E-state index in [1.54, 1.807) is 11.8 Å². The highest BCUT2D eigenvalue weighted by Crippen LogP contribution is 2.16. The lowest BCUT2D eigenvalue weighted by Gasteiger charge is -2.07. The molecule has 1 heterocycles. The normalized spacial score (nSPS) is 11.1. The van der Waals surface area contributed by atoms with E-state index in [4.69, 9.17) is 0 Å². The van der Waals surface area contributed by atoms with Gasteiger partial charge in [0.2, 0.25) is 0 Å². The number of hydrogen-bond donors (Lipinski definition) is 1. The molecule has 0 saturated carbocycles. The van der Waals surface area contributed by atoms with Crippen molar-refractivity contribution in [2.45, 2.75) is 52.1 Å². The van der Waals surface area contributed by atoms with Gasteiger partial charge >= 0.3 is 0 Å². The van der Waals surface area contributed by atoms with Crippen LogP contribution in [0.5, 0.6) is 0 Å². The van der Waals surface area contributed by atoms with E-state index < -0.39 is 0 Å². The van der Waals surface area contributed by atoms with Crippen molar-refractivity contribution in [3.05, 3.63) is 21.6 Å². The first-order valence-electron chi connectivity index (χ1n) is 6.27. The summed E-state index contributed by atoms with van der Waals surface area (Å²) in [7, 11) is 0. The Morgan fingerprint density at radius 1 is 1.41 bits per heavy atom. The molecule has 4 heteroatoms. The van der Waals surface area contributed by atoms with E-state index in [2.05, 4.69) is 30.7 Å². The third-order valence-electron chi connectivity index (χ3n) is 2.63. The van der Waals surface area contributed by atoms with Crippen LogP contribution in [0.2, 0.25) is 0 Å². The molecule has 0 aliphatic heterocycles. The number of aromatic amines is 1. The fourth-order valence-corrected chi connectivity index (χ4v) is 2.74. The highest BCUT2D eigenvalue weighted by Gasteiger charge is 2.07. The molecule has 17 heavy (non-hydrogen) atoms. The third-order valence-corrected chi connectivity index (χ3v) is 3.54. The highest BCUT2D eigenvalue weighted by molar-refractivity contribution is 7.99. The van der Waals surface area contributed by atoms with Crippen LogP contribution in [-0.4, -0.2) is 15.7 Å². The van der Waals surface area contributed by atoms with Crippen molar-refractivity contribution in [1.29, 1.82) is 0 Å². The number of aryl methyl sites for hydroxylation is 1. The van der Waals surface area contributed by atoms with Gasteiger partial charge in [0.1, 0.15) is 0 Å². The average molecular weight is 254 g/mol. The van der Waals surface area contributed by atoms with Crippen LogP contribution < -0.4 is 5.56 Å². The number of rotatable bonds is 6. The SMILES string of the molecule is CCCc1c(C)nc(SCCC(C)C)[nH]c1=O. The maximum Gasteiger partial charge on any atom is 0.254 e. The molecule has 0 amide bonds. The molecule has 0 aliphatic rings. The maximum absolute atomic E-state index is 11.8. The largest absolute Gasteiger partial charge is 0.301 e. The number of nitrogens with one attached hydrogen (secondary N) is 1. The summed E-state index contributed by atoms with van der Waals surface area (Å²) in [4.78, 5) is 19.2. The van der Waals surface area contributed by atoms with E-state index in [-0.39, 0.29) is 5.56 Å². The minimum atomic E-state index is 0.0337. The second-order valence-electron chi connectivity index (χ2n) is 4.72. The van der Waals surface area contributed by atoms with Gasteiger partial charge in [-0.15, -0.1) is 0 Å². The molecule has 1 aromatic heterocycles. The highest BCUT2D eigenvalue weighted by atomic mass is 32.2. The maximum atomic E-state index is 11.8. The zero-order valence-electron chi connectivity index (χ0n) is 11.2. The fraction of sp³-hybridized carbons (Fsp3) is 0.692. The Kier molecular flexibility index (Phi) is 5.75. The zero-order valence-corrected chi connectivity index (χ0v) is 12.0. The van der Waals surface area contributed by atoms with Crippen LogP contribution in [0.1, 0.15) is 44.9 Å². The Morgan fingerprint density at radius 3 is 2.65 bits per heavy atom. The zero-order chi connectivity index (χ0) is 12.8. The monoisotopic (exact) mass is 254 g/mol. The lowest BCUT2D eigenvalue weighted by molar-refractivity contribution is 0.631. The average Bonchev–Trinajstić information content (AvgIpc) is 2.23. The molecule has 0 fully saturated rings. The summed E-state index contributed by atoms with van der Waals surface area (Å²) in [5.41, 5.74) is 1.75. The molecule has 0 radical (unpaired) electrons. The van der Waals surface area contributed by atoms with Gasteiger partial charge in [-0.25, -0.2) is 4.98 Å². The van der Waals surface area contributed by atoms with Gasteiger partial charge in [-0.05, 0) is 25.7 Å². The van der Waals surface area contributed by atoms with Gasteiger partial charge in [0, 0.05) is 17.0 Å². The lowest BCUT2D eigenvalue weighted by atomic mass is 10.1. The Hall–Kier alpha value is -0.770. The summed E-state index contributed by atoms with van der Waals surface area (Å²) in [5.74, 6) is 1.70. The fourth-order valence-electron chi connectivity index (χ4n) is 1.59. The number of H-pyrrole nitrogens is 1. The first kappa shape index (κ1) is 14.3. The van der Waals surface area contributed by atoms with Crippen LogP contribution in [0.15, 0.2) is 9.95 Å². The van der Waals surface area contributed by atoms with Crippen LogP contribution in [-0.2, 0) is 6.42 Å². The summed E-state index contributed by atoms with van der Waals surface area (Å²) < 4.78 is 0. The van der Waals surface area contributed by atoms with Crippen molar-refractivity contribution in [1.82, 2.24) is 9.97 Å². The van der Waals surface area contributed by atoms with Crippen LogP contribution in [0, 0.1) is 12.8 Å². The van der Waals surface area contributed by atoms with Crippen molar-refractivity contribution in [3.8, 4) is 0 Å². The minimum Gasteiger partial charge on any atom is -0.301 e. The summed E-state index contributed by atoms with van der Waals surface area (Å²) in [6, 6.07) is 0. The summed E-state index contributed by atoms with van der Waals surface area (Å²) in [6.45, 7) is 8.40. The molecule has 1 N–H and O–H groups in total. The molecular weight excluding hydrogens is 232 g/mol. The van der Waals surface area contributed by atoms with Crippen molar-refractivity contribution in [2.75, 3.05) is 5.75 Å². The second kappa shape index (κ2) is 6.84. The van der Waals surface area contributed by atoms with E-state index in [0.717, 1.165) is 41.4 Å². The Labute approximate surface area is 107 Å². The Morgan fingerprint density at radius 2 is 2.12 bits per heavy atom. The van der Waals surface area contributed by atoms with Crippen molar-refractivity contribution >= 4 is 11.8 Å². The van der Waals surface area contributed by atoms with Gasteiger partial charge in [0.25, 0.3) is 5.56 Å². The number of thioether (sulfide) groups is 1. The molecule has 3 nitrogen and oxygen atoms in total. The molecule has 0 atom stereocenters. The van der Waals surface area contributed by atoms with Crippen LogP contribution in [0.25, 0.3) is 0 Å². The van der Waals surface area contributed by atoms with Crippen molar-refractivity contribution in [2.24, 2.45) is 5.92 Å². The van der Waals surface area contributed by atoms with E-state index in [9.17, 15) is 4.79 Å². The lowest BCUT2D eigenvalue weighted by Crippen LogP contribution is -2.17. The summed E-state index contributed by atoms with van der Waals surface area (Å²) in [6.07, 6.45) is 2.93. The third kappa shape index (κ3) is 4.54. The van der Waals surface area contributed by atoms with Gasteiger partial charge in [0.05, 0.1) is 0 Å². The van der Waals surface area contributed by atoms with E-state index in [0.29, 0.717) is 5.92 Å². The van der Waals surface area contributed by atoms with E-state index in [1.807, 2.05) is 6.92 Å². The molecule has 0 aliphatic carbocycles. The van der Waals surface area contributed by atoms with Crippen LogP contribution in [0.4, 0.5) is 0 Å². The molecule has 0 bridgehead atoms. The predicted molar refractivity (Wildman–Crippen MR) is 73.8 cm³/mol. The molecule has 0 aromatic carbocycles. The predicted octanol–water partition coefficient (Wildman–Crippen LogP) is 3.17. The van der Waals surface area contributed by atoms with Gasteiger partial charge < -0.3 is 4.98 Å². The topological polar surface area (TPSA) is 45.8 Å². The number of aromatic nitrogens is 2. The van der Waals surface area contributed by atoms with Crippen LogP contribution in [0.3, 0.4) is 0 Å². The van der Waals surface area contributed by atoms with Crippen LogP contribution >= 0.6 is 11.8 Å². The Bertz CT molecular complexity index is 412. The smallest absolute Gasteiger partial charge is 0.254 e. The second-order valence-corrected chi connectivity index (χ2v) is 5.80. The molecule has 0 spiro atoms.